The molecule has 0 aliphatic rings. The lowest BCUT2D eigenvalue weighted by Gasteiger charge is -2.06. The molecule has 108 valence electrons. The average molecular weight is 304 g/mol. The number of tetrazole rings is 1. The minimum atomic E-state index is -0.271. The summed E-state index contributed by atoms with van der Waals surface area (Å²) in [4.78, 5) is 4.32. The monoisotopic (exact) mass is 304 g/mol. The van der Waals surface area contributed by atoms with Crippen LogP contribution in [0.15, 0.2) is 35.6 Å². The summed E-state index contributed by atoms with van der Waals surface area (Å²) in [7, 11) is 0. The van der Waals surface area contributed by atoms with Gasteiger partial charge in [-0.15, -0.1) is 5.10 Å². The molecule has 0 saturated carbocycles. The fourth-order valence-electron chi connectivity index (χ4n) is 2.04. The van der Waals surface area contributed by atoms with Crippen molar-refractivity contribution >= 4 is 22.7 Å². The first-order chi connectivity index (χ1) is 10.3. The number of nitrogens with zero attached hydrogens (tertiary/aromatic N) is 5. The Morgan fingerprint density at radius 2 is 2.24 bits per heavy atom. The zero-order valence-electron chi connectivity index (χ0n) is 11.1. The third-order valence-corrected chi connectivity index (χ3v) is 3.95. The fourth-order valence-corrected chi connectivity index (χ4v) is 2.92. The first kappa shape index (κ1) is 13.9. The summed E-state index contributed by atoms with van der Waals surface area (Å²) in [6.45, 7) is 1.01. The van der Waals surface area contributed by atoms with Crippen molar-refractivity contribution < 1.29 is 4.39 Å². The number of hydrogen-bond acceptors (Lipinski definition) is 6. The first-order valence-electron chi connectivity index (χ1n) is 6.40. The molecule has 0 aliphatic heterocycles. The number of rotatable bonds is 5. The zero-order chi connectivity index (χ0) is 14.7. The number of pyridine rings is 1. The van der Waals surface area contributed by atoms with Gasteiger partial charge in [-0.3, -0.25) is 4.98 Å². The van der Waals surface area contributed by atoms with Crippen LogP contribution >= 0.6 is 11.8 Å². The van der Waals surface area contributed by atoms with Gasteiger partial charge in [0.2, 0.25) is 5.16 Å². The molecule has 0 spiro atoms. The lowest BCUT2D eigenvalue weighted by molar-refractivity contribution is 0.557. The van der Waals surface area contributed by atoms with Crippen molar-refractivity contribution in [3.8, 4) is 0 Å². The third kappa shape index (κ3) is 3.01. The molecule has 3 aromatic rings. The molecule has 0 fully saturated rings. The molecule has 0 saturated heterocycles. The van der Waals surface area contributed by atoms with Gasteiger partial charge in [0.25, 0.3) is 0 Å². The van der Waals surface area contributed by atoms with Crippen LogP contribution in [0, 0.1) is 5.82 Å². The van der Waals surface area contributed by atoms with Crippen molar-refractivity contribution in [1.82, 2.24) is 25.2 Å². The number of nitrogens with two attached hydrogens (primary N) is 1. The second-order valence-corrected chi connectivity index (χ2v) is 5.34. The molecule has 0 aliphatic carbocycles. The van der Waals surface area contributed by atoms with Crippen molar-refractivity contribution in [2.24, 2.45) is 5.73 Å². The van der Waals surface area contributed by atoms with Gasteiger partial charge in [-0.1, -0.05) is 17.8 Å². The van der Waals surface area contributed by atoms with E-state index in [9.17, 15) is 4.39 Å². The summed E-state index contributed by atoms with van der Waals surface area (Å²) >= 11 is 1.43. The van der Waals surface area contributed by atoms with Crippen molar-refractivity contribution in [1.29, 1.82) is 0 Å². The molecule has 0 radical (unpaired) electrons. The predicted molar refractivity (Wildman–Crippen MR) is 78.1 cm³/mol. The van der Waals surface area contributed by atoms with Gasteiger partial charge in [-0.25, -0.2) is 9.07 Å². The van der Waals surface area contributed by atoms with E-state index in [4.69, 9.17) is 5.73 Å². The van der Waals surface area contributed by atoms with Crippen LogP contribution in [0.3, 0.4) is 0 Å². The summed E-state index contributed by atoms with van der Waals surface area (Å²) in [5.74, 6) is 0.267. The molecule has 6 nitrogen and oxygen atoms in total. The molecule has 0 bridgehead atoms. The molecule has 2 heterocycles. The maximum Gasteiger partial charge on any atom is 0.209 e. The van der Waals surface area contributed by atoms with Crippen molar-refractivity contribution in [3.05, 3.63) is 41.8 Å². The first-order valence-corrected chi connectivity index (χ1v) is 7.38. The molecule has 1 aromatic carbocycles. The Morgan fingerprint density at radius 1 is 1.33 bits per heavy atom. The van der Waals surface area contributed by atoms with Crippen LogP contribution in [0.4, 0.5) is 4.39 Å². The number of thioether (sulfide) groups is 1. The predicted octanol–water partition coefficient (Wildman–Crippen LogP) is 1.61. The van der Waals surface area contributed by atoms with Crippen molar-refractivity contribution in [2.45, 2.75) is 17.5 Å². The second-order valence-electron chi connectivity index (χ2n) is 4.40. The van der Waals surface area contributed by atoms with E-state index in [2.05, 4.69) is 20.5 Å². The molecule has 0 atom stereocenters. The van der Waals surface area contributed by atoms with E-state index < -0.39 is 0 Å². The fraction of sp³-hybridized carbons (Fsp3) is 0.231. The largest absolute Gasteiger partial charge is 0.329 e. The van der Waals surface area contributed by atoms with E-state index in [0.29, 0.717) is 24.0 Å². The van der Waals surface area contributed by atoms with Crippen LogP contribution in [0.25, 0.3) is 10.9 Å². The lowest BCUT2D eigenvalue weighted by atomic mass is 10.1. The average Bonchev–Trinajstić information content (AvgIpc) is 2.92. The molecule has 2 aromatic heterocycles. The SMILES string of the molecule is NCCn1nnnc1SCc1cc(F)cc2cccnc12. The highest BCUT2D eigenvalue weighted by Crippen LogP contribution is 2.25. The van der Waals surface area contributed by atoms with Gasteiger partial charge in [0.05, 0.1) is 12.1 Å². The Kier molecular flexibility index (Phi) is 4.07. The Morgan fingerprint density at radius 3 is 3.10 bits per heavy atom. The van der Waals surface area contributed by atoms with Crippen molar-refractivity contribution in [3.63, 3.8) is 0 Å². The van der Waals surface area contributed by atoms with Crippen LogP contribution in [-0.2, 0) is 12.3 Å². The number of halogens is 1. The van der Waals surface area contributed by atoms with Gasteiger partial charge in [0.1, 0.15) is 5.82 Å². The van der Waals surface area contributed by atoms with Gasteiger partial charge >= 0.3 is 0 Å². The standard InChI is InChI=1S/C13H13FN6S/c14-11-6-9-2-1-4-16-12(9)10(7-11)8-21-13-17-18-19-20(13)5-3-15/h1-2,4,6-7H,3,5,8,15H2. The normalized spacial score (nSPS) is 11.1. The Bertz CT molecular complexity index is 759. The van der Waals surface area contributed by atoms with E-state index in [1.54, 1.807) is 16.9 Å². The molecule has 2 N–H and O–H groups in total. The minimum absolute atomic E-state index is 0.271. The molecule has 0 amide bonds. The lowest BCUT2D eigenvalue weighted by Crippen LogP contribution is -2.12. The summed E-state index contributed by atoms with van der Waals surface area (Å²) in [6, 6.07) is 6.62. The summed E-state index contributed by atoms with van der Waals surface area (Å²) in [5, 5.41) is 12.9. The topological polar surface area (TPSA) is 82.5 Å². The van der Waals surface area contributed by atoms with Crippen LogP contribution in [0.5, 0.6) is 0 Å². The van der Waals surface area contributed by atoms with Crippen LogP contribution in [0.1, 0.15) is 5.56 Å². The van der Waals surface area contributed by atoms with Gasteiger partial charge in [-0.2, -0.15) is 0 Å². The Hall–Kier alpha value is -2.06. The molecular weight excluding hydrogens is 291 g/mol. The van der Waals surface area contributed by atoms with Crippen molar-refractivity contribution in [2.75, 3.05) is 6.54 Å². The number of benzene rings is 1. The van der Waals surface area contributed by atoms with Gasteiger partial charge in [0, 0.05) is 23.9 Å². The highest BCUT2D eigenvalue weighted by Gasteiger charge is 2.10. The highest BCUT2D eigenvalue weighted by molar-refractivity contribution is 7.98. The Balaban J connectivity index is 1.86. The van der Waals surface area contributed by atoms with E-state index in [1.807, 2.05) is 6.07 Å². The van der Waals surface area contributed by atoms with Gasteiger partial charge < -0.3 is 5.73 Å². The van der Waals surface area contributed by atoms with Crippen LogP contribution in [-0.4, -0.2) is 31.7 Å². The molecule has 21 heavy (non-hydrogen) atoms. The molecule has 0 unspecified atom stereocenters. The van der Waals surface area contributed by atoms with E-state index in [-0.39, 0.29) is 5.82 Å². The molecule has 8 heteroatoms. The van der Waals surface area contributed by atoms with E-state index in [0.717, 1.165) is 16.5 Å². The third-order valence-electron chi connectivity index (χ3n) is 2.95. The molecule has 3 rings (SSSR count). The number of aromatic nitrogens is 5. The van der Waals surface area contributed by atoms with Gasteiger partial charge in [-0.05, 0) is 34.2 Å². The molecular formula is C13H13FN6S. The van der Waals surface area contributed by atoms with E-state index >= 15 is 0 Å². The quantitative estimate of drug-likeness (QED) is 0.721. The summed E-state index contributed by atoms with van der Waals surface area (Å²) < 4.78 is 15.3. The van der Waals surface area contributed by atoms with Crippen LogP contribution in [0.2, 0.25) is 0 Å². The number of hydrogen-bond donors (Lipinski definition) is 1. The smallest absolute Gasteiger partial charge is 0.209 e. The maximum atomic E-state index is 13.7. The second kappa shape index (κ2) is 6.15. The zero-order valence-corrected chi connectivity index (χ0v) is 11.9. The van der Waals surface area contributed by atoms with E-state index in [1.165, 1.54) is 23.9 Å². The summed E-state index contributed by atoms with van der Waals surface area (Å²) in [6.07, 6.45) is 1.70. The highest BCUT2D eigenvalue weighted by atomic mass is 32.2. The number of fused-ring (bicyclic) bond motifs is 1. The minimum Gasteiger partial charge on any atom is -0.329 e. The Labute approximate surface area is 124 Å². The summed E-state index contributed by atoms with van der Waals surface area (Å²) in [5.41, 5.74) is 7.12. The maximum absolute atomic E-state index is 13.7. The van der Waals surface area contributed by atoms with Crippen LogP contribution < -0.4 is 5.73 Å². The van der Waals surface area contributed by atoms with Gasteiger partial charge in [0.15, 0.2) is 0 Å².